The quantitative estimate of drug-likeness (QED) is 0.877. The highest BCUT2D eigenvalue weighted by atomic mass is 16.5. The van der Waals surface area contributed by atoms with Crippen molar-refractivity contribution in [3.8, 4) is 5.69 Å². The Kier molecular flexibility index (Phi) is 5.71. The number of carbonyl (C=O) groups is 1. The van der Waals surface area contributed by atoms with Crippen molar-refractivity contribution in [2.24, 2.45) is 0 Å². The molecular weight excluding hydrogens is 316 g/mol. The lowest BCUT2D eigenvalue weighted by atomic mass is 10.1. The lowest BCUT2D eigenvalue weighted by Gasteiger charge is -2.26. The van der Waals surface area contributed by atoms with E-state index in [9.17, 15) is 4.79 Å². The predicted octanol–water partition coefficient (Wildman–Crippen LogP) is 3.14. The monoisotopic (exact) mass is 342 g/mol. The topological polar surface area (TPSA) is 59.4 Å². The van der Waals surface area contributed by atoms with Crippen LogP contribution >= 0.6 is 0 Å². The molecule has 0 spiro atoms. The van der Waals surface area contributed by atoms with E-state index in [4.69, 9.17) is 4.74 Å². The van der Waals surface area contributed by atoms with Crippen molar-refractivity contribution in [1.29, 1.82) is 0 Å². The number of rotatable bonds is 6. The summed E-state index contributed by atoms with van der Waals surface area (Å²) < 4.78 is 7.60. The summed E-state index contributed by atoms with van der Waals surface area (Å²) in [6, 6.07) is 8.00. The Hall–Kier alpha value is -2.34. The summed E-state index contributed by atoms with van der Waals surface area (Å²) in [4.78, 5) is 18.5. The second kappa shape index (κ2) is 8.16. The van der Waals surface area contributed by atoms with Crippen LogP contribution in [-0.4, -0.2) is 46.3 Å². The molecule has 0 radical (unpaired) electrons. The maximum Gasteiger partial charge on any atom is 0.317 e. The minimum absolute atomic E-state index is 0.0430. The van der Waals surface area contributed by atoms with Crippen molar-refractivity contribution in [3.63, 3.8) is 0 Å². The second-order valence-corrected chi connectivity index (χ2v) is 6.41. The van der Waals surface area contributed by atoms with Gasteiger partial charge in [0.15, 0.2) is 0 Å². The molecule has 3 rings (SSSR count). The molecule has 2 atom stereocenters. The van der Waals surface area contributed by atoms with Crippen molar-refractivity contribution >= 4 is 6.03 Å². The number of carbonyl (C=O) groups excluding carboxylic acids is 1. The number of benzene rings is 1. The van der Waals surface area contributed by atoms with Crippen molar-refractivity contribution in [2.75, 3.05) is 19.7 Å². The van der Waals surface area contributed by atoms with Gasteiger partial charge in [0.1, 0.15) is 0 Å². The Morgan fingerprint density at radius 2 is 2.40 bits per heavy atom. The first-order chi connectivity index (χ1) is 12.2. The summed E-state index contributed by atoms with van der Waals surface area (Å²) in [6.07, 6.45) is 7.71. The molecule has 1 aromatic heterocycles. The highest BCUT2D eigenvalue weighted by Gasteiger charge is 2.22. The summed E-state index contributed by atoms with van der Waals surface area (Å²) in [5.74, 6) is 0. The summed E-state index contributed by atoms with van der Waals surface area (Å²) in [5.41, 5.74) is 2.09. The van der Waals surface area contributed by atoms with Gasteiger partial charge in [0.2, 0.25) is 0 Å². The molecule has 6 heteroatoms. The van der Waals surface area contributed by atoms with E-state index < -0.39 is 0 Å². The van der Waals surface area contributed by atoms with Gasteiger partial charge >= 0.3 is 6.03 Å². The average molecular weight is 342 g/mol. The molecule has 1 aliphatic rings. The lowest BCUT2D eigenvalue weighted by molar-refractivity contribution is 0.0822. The Balaban J connectivity index is 1.63. The van der Waals surface area contributed by atoms with E-state index >= 15 is 0 Å². The van der Waals surface area contributed by atoms with Crippen LogP contribution in [0.5, 0.6) is 0 Å². The summed E-state index contributed by atoms with van der Waals surface area (Å²) in [6.45, 7) is 6.14. The maximum atomic E-state index is 12.6. The molecule has 1 aromatic carbocycles. The number of hydrogen-bond acceptors (Lipinski definition) is 3. The standard InChI is InChI=1S/C19H26N4O2/c1-3-22(13-18-8-5-11-25-18)19(24)21-15(2)16-6-4-7-17(12-16)23-10-9-20-14-23/h4,6-7,9-10,12,14-15,18H,3,5,8,11,13H2,1-2H3,(H,21,24)/t15-,18-/m0/s1. The number of nitrogens with zero attached hydrogens (tertiary/aromatic N) is 3. The van der Waals surface area contributed by atoms with Crippen LogP contribution in [0.15, 0.2) is 43.0 Å². The summed E-state index contributed by atoms with van der Waals surface area (Å²) >= 11 is 0. The van der Waals surface area contributed by atoms with Gasteiger partial charge in [-0.15, -0.1) is 0 Å². The lowest BCUT2D eigenvalue weighted by Crippen LogP contribution is -2.44. The molecule has 6 nitrogen and oxygen atoms in total. The van der Waals surface area contributed by atoms with Crippen molar-refractivity contribution in [1.82, 2.24) is 19.8 Å². The number of urea groups is 1. The van der Waals surface area contributed by atoms with Gasteiger partial charge in [-0.2, -0.15) is 0 Å². The van der Waals surface area contributed by atoms with E-state index in [-0.39, 0.29) is 18.2 Å². The van der Waals surface area contributed by atoms with Crippen LogP contribution in [0.4, 0.5) is 4.79 Å². The first-order valence-electron chi connectivity index (χ1n) is 8.92. The number of hydrogen-bond donors (Lipinski definition) is 1. The fraction of sp³-hybridized carbons (Fsp3) is 0.474. The van der Waals surface area contributed by atoms with Crippen LogP contribution in [-0.2, 0) is 4.74 Å². The van der Waals surface area contributed by atoms with Crippen LogP contribution in [0.25, 0.3) is 5.69 Å². The predicted molar refractivity (Wildman–Crippen MR) is 96.7 cm³/mol. The minimum Gasteiger partial charge on any atom is -0.376 e. The van der Waals surface area contributed by atoms with Crippen molar-refractivity contribution in [2.45, 2.75) is 38.8 Å². The third-order valence-electron chi connectivity index (χ3n) is 4.63. The average Bonchev–Trinajstić information content (AvgIpc) is 3.33. The zero-order valence-electron chi connectivity index (χ0n) is 14.9. The van der Waals surface area contributed by atoms with E-state index in [2.05, 4.69) is 16.4 Å². The third-order valence-corrected chi connectivity index (χ3v) is 4.63. The maximum absolute atomic E-state index is 12.6. The van der Waals surface area contributed by atoms with Gasteiger partial charge in [-0.25, -0.2) is 9.78 Å². The van der Waals surface area contributed by atoms with Gasteiger partial charge in [-0.05, 0) is 44.4 Å². The Bertz CT molecular complexity index is 680. The number of ether oxygens (including phenoxy) is 1. The van der Waals surface area contributed by atoms with Crippen LogP contribution in [0.2, 0.25) is 0 Å². The second-order valence-electron chi connectivity index (χ2n) is 6.41. The number of likely N-dealkylation sites (N-methyl/N-ethyl adjacent to an activating group) is 1. The van der Waals surface area contributed by atoms with E-state index in [0.29, 0.717) is 13.1 Å². The molecule has 2 amide bonds. The van der Waals surface area contributed by atoms with Crippen molar-refractivity contribution < 1.29 is 9.53 Å². The zero-order valence-corrected chi connectivity index (χ0v) is 14.9. The fourth-order valence-electron chi connectivity index (χ4n) is 3.12. The van der Waals surface area contributed by atoms with Gasteiger partial charge in [0, 0.05) is 37.8 Å². The normalized spacial score (nSPS) is 18.1. The first-order valence-corrected chi connectivity index (χ1v) is 8.92. The molecule has 0 saturated carbocycles. The number of nitrogens with one attached hydrogen (secondary N) is 1. The van der Waals surface area contributed by atoms with E-state index in [0.717, 1.165) is 30.7 Å². The molecule has 1 aliphatic heterocycles. The molecule has 134 valence electrons. The molecule has 1 fully saturated rings. The minimum atomic E-state index is -0.0745. The van der Waals surface area contributed by atoms with Gasteiger partial charge in [0.05, 0.1) is 18.5 Å². The van der Waals surface area contributed by atoms with Gasteiger partial charge in [-0.3, -0.25) is 0 Å². The third kappa shape index (κ3) is 4.39. The van der Waals surface area contributed by atoms with Gasteiger partial charge in [-0.1, -0.05) is 12.1 Å². The van der Waals surface area contributed by atoms with Gasteiger partial charge < -0.3 is 19.5 Å². The zero-order chi connectivity index (χ0) is 17.6. The number of amides is 2. The van der Waals surface area contributed by atoms with Gasteiger partial charge in [0.25, 0.3) is 0 Å². The number of aromatic nitrogens is 2. The number of imidazole rings is 1. The molecule has 0 bridgehead atoms. The Morgan fingerprint density at radius 3 is 3.08 bits per heavy atom. The molecular formula is C19H26N4O2. The molecule has 0 unspecified atom stereocenters. The smallest absolute Gasteiger partial charge is 0.317 e. The highest BCUT2D eigenvalue weighted by Crippen LogP contribution is 2.18. The van der Waals surface area contributed by atoms with E-state index in [1.807, 2.05) is 47.7 Å². The molecule has 2 aromatic rings. The largest absolute Gasteiger partial charge is 0.376 e. The molecule has 1 saturated heterocycles. The molecule has 0 aliphatic carbocycles. The van der Waals surface area contributed by atoms with Crippen LogP contribution < -0.4 is 5.32 Å². The van der Waals surface area contributed by atoms with E-state index in [1.165, 1.54) is 0 Å². The Labute approximate surface area is 148 Å². The Morgan fingerprint density at radius 1 is 1.52 bits per heavy atom. The van der Waals surface area contributed by atoms with Crippen molar-refractivity contribution in [3.05, 3.63) is 48.5 Å². The SMILES string of the molecule is CCN(C[C@@H]1CCCO1)C(=O)N[C@@H](C)c1cccc(-n2ccnc2)c1. The molecule has 1 N–H and O–H groups in total. The van der Waals surface area contributed by atoms with Crippen LogP contribution in [0.1, 0.15) is 38.3 Å². The van der Waals surface area contributed by atoms with Crippen LogP contribution in [0, 0.1) is 0 Å². The summed E-state index contributed by atoms with van der Waals surface area (Å²) in [7, 11) is 0. The molecule has 2 heterocycles. The molecule has 25 heavy (non-hydrogen) atoms. The van der Waals surface area contributed by atoms with E-state index in [1.54, 1.807) is 12.5 Å². The summed E-state index contributed by atoms with van der Waals surface area (Å²) in [5, 5.41) is 3.10. The van der Waals surface area contributed by atoms with Crippen LogP contribution in [0.3, 0.4) is 0 Å². The first kappa shape index (κ1) is 17.5. The fourth-order valence-corrected chi connectivity index (χ4v) is 3.12. The highest BCUT2D eigenvalue weighted by molar-refractivity contribution is 5.74.